The highest BCUT2D eigenvalue weighted by Gasteiger charge is 2.12. The molecule has 0 spiro atoms. The smallest absolute Gasteiger partial charge is 0.313 e. The van der Waals surface area contributed by atoms with Gasteiger partial charge >= 0.3 is 11.9 Å². The summed E-state index contributed by atoms with van der Waals surface area (Å²) in [6, 6.07) is 0. The summed E-state index contributed by atoms with van der Waals surface area (Å²) in [6.45, 7) is 0. The molecule has 0 aliphatic carbocycles. The molecule has 0 radical (unpaired) electrons. The van der Waals surface area contributed by atoms with Crippen LogP contribution in [-0.2, 0) is 14.3 Å². The van der Waals surface area contributed by atoms with E-state index in [-0.39, 0.29) is 20.3 Å². The van der Waals surface area contributed by atoms with Gasteiger partial charge in [-0.25, -0.2) is 0 Å². The predicted octanol–water partition coefficient (Wildman–Crippen LogP) is 3.85. The van der Waals surface area contributed by atoms with Gasteiger partial charge in [-0.15, -0.1) is 0 Å². The Bertz CT molecular complexity index is 196. The van der Waals surface area contributed by atoms with E-state index in [1.165, 1.54) is 0 Å². The van der Waals surface area contributed by atoms with Crippen molar-refractivity contribution in [2.24, 2.45) is 0 Å². The first-order valence-corrected chi connectivity index (χ1v) is 7.88. The Balaban J connectivity index is 3.63. The Morgan fingerprint density at radius 2 is 1.20 bits per heavy atom. The highest BCUT2D eigenvalue weighted by Crippen LogP contribution is 2.16. The number of hydrogen-bond donors (Lipinski definition) is 0. The van der Waals surface area contributed by atoms with E-state index >= 15 is 0 Å². The van der Waals surface area contributed by atoms with Gasteiger partial charge < -0.3 is 4.74 Å². The van der Waals surface area contributed by atoms with Crippen LogP contribution in [0.5, 0.6) is 0 Å². The van der Waals surface area contributed by atoms with E-state index in [1.54, 1.807) is 0 Å². The average Bonchev–Trinajstić information content (AvgIpc) is 2.11. The van der Waals surface area contributed by atoms with E-state index in [4.69, 9.17) is 0 Å². The van der Waals surface area contributed by atoms with Crippen molar-refractivity contribution >= 4 is 75.7 Å². The zero-order chi connectivity index (χ0) is 11.8. The second-order valence-corrected chi connectivity index (χ2v) is 9.58. The monoisotopic (exact) mass is 470 g/mol. The lowest BCUT2D eigenvalue weighted by atomic mass is 10.3. The molecule has 0 aliphatic rings. The summed E-state index contributed by atoms with van der Waals surface area (Å²) in [5, 5.41) is 0. The SMILES string of the molecule is O=C(CCC(Br)Br)OC(=O)CCC(Br)Br. The lowest BCUT2D eigenvalue weighted by molar-refractivity contribution is -0.159. The summed E-state index contributed by atoms with van der Waals surface area (Å²) in [4.78, 5) is 22.2. The molecule has 0 rings (SSSR count). The first kappa shape index (κ1) is 16.1. The van der Waals surface area contributed by atoms with Gasteiger partial charge in [0.05, 0.1) is 7.47 Å². The number of ether oxygens (including phenoxy) is 1. The Labute approximate surface area is 122 Å². The third-order valence-corrected chi connectivity index (χ3v) is 3.19. The molecule has 0 bridgehead atoms. The minimum atomic E-state index is -0.482. The molecule has 0 aliphatic heterocycles. The molecule has 0 aromatic rings. The highest BCUT2D eigenvalue weighted by molar-refractivity contribution is 9.25. The van der Waals surface area contributed by atoms with E-state index < -0.39 is 11.9 Å². The maximum absolute atomic E-state index is 11.1. The van der Waals surface area contributed by atoms with Crippen LogP contribution in [0, 0.1) is 0 Å². The van der Waals surface area contributed by atoms with E-state index in [0.717, 1.165) is 0 Å². The van der Waals surface area contributed by atoms with Crippen molar-refractivity contribution in [1.29, 1.82) is 0 Å². The zero-order valence-electron chi connectivity index (χ0n) is 7.72. The van der Waals surface area contributed by atoms with Crippen molar-refractivity contribution in [3.8, 4) is 0 Å². The minimum Gasteiger partial charge on any atom is -0.393 e. The van der Waals surface area contributed by atoms with E-state index in [9.17, 15) is 9.59 Å². The molecule has 3 nitrogen and oxygen atoms in total. The molecule has 0 aromatic heterocycles. The largest absolute Gasteiger partial charge is 0.393 e. The fraction of sp³-hybridized carbons (Fsp3) is 0.750. The van der Waals surface area contributed by atoms with Crippen molar-refractivity contribution in [3.63, 3.8) is 0 Å². The van der Waals surface area contributed by atoms with Gasteiger partial charge in [-0.05, 0) is 12.8 Å². The fourth-order valence-corrected chi connectivity index (χ4v) is 1.60. The molecular weight excluding hydrogens is 464 g/mol. The Morgan fingerprint density at radius 1 is 0.867 bits per heavy atom. The predicted molar refractivity (Wildman–Crippen MR) is 72.9 cm³/mol. The third-order valence-electron chi connectivity index (χ3n) is 1.36. The van der Waals surface area contributed by atoms with Gasteiger partial charge in [-0.1, -0.05) is 63.7 Å². The first-order chi connectivity index (χ1) is 6.91. The summed E-state index contributed by atoms with van der Waals surface area (Å²) in [5.41, 5.74) is 0. The normalized spacial score (nSPS) is 10.8. The summed E-state index contributed by atoms with van der Waals surface area (Å²) in [7, 11) is 0. The summed E-state index contributed by atoms with van der Waals surface area (Å²) >= 11 is 12.9. The molecule has 0 fully saturated rings. The topological polar surface area (TPSA) is 43.4 Å². The van der Waals surface area contributed by atoms with Gasteiger partial charge in [0, 0.05) is 12.8 Å². The van der Waals surface area contributed by atoms with E-state index in [1.807, 2.05) is 0 Å². The number of esters is 2. The quantitative estimate of drug-likeness (QED) is 0.334. The number of halogens is 4. The molecule has 88 valence electrons. The molecule has 0 aromatic carbocycles. The van der Waals surface area contributed by atoms with Gasteiger partial charge in [-0.2, -0.15) is 0 Å². The molecule has 0 amide bonds. The van der Waals surface area contributed by atoms with Crippen LogP contribution in [-0.4, -0.2) is 19.4 Å². The van der Waals surface area contributed by atoms with Gasteiger partial charge in [0.25, 0.3) is 0 Å². The molecule has 0 N–H and O–H groups in total. The van der Waals surface area contributed by atoms with Crippen molar-refractivity contribution in [1.82, 2.24) is 0 Å². The Hall–Kier alpha value is 1.06. The summed E-state index contributed by atoms with van der Waals surface area (Å²) < 4.78 is 4.73. The van der Waals surface area contributed by atoms with E-state index in [0.29, 0.717) is 12.8 Å². The van der Waals surface area contributed by atoms with Crippen LogP contribution in [0.2, 0.25) is 0 Å². The Morgan fingerprint density at radius 3 is 1.47 bits per heavy atom. The third kappa shape index (κ3) is 11.3. The highest BCUT2D eigenvalue weighted by atomic mass is 79.9. The number of carbonyl (C=O) groups excluding carboxylic acids is 2. The number of hydrogen-bond acceptors (Lipinski definition) is 3. The van der Waals surface area contributed by atoms with Crippen LogP contribution in [0.4, 0.5) is 0 Å². The molecule has 0 saturated heterocycles. The molecule has 15 heavy (non-hydrogen) atoms. The van der Waals surface area contributed by atoms with Crippen LogP contribution in [0.3, 0.4) is 0 Å². The standard InChI is InChI=1S/C8H10Br4O3/c9-5(10)1-3-7(13)15-8(14)4-2-6(11)12/h5-6H,1-4H2. The number of alkyl halides is 4. The second kappa shape index (κ2) is 9.13. The van der Waals surface area contributed by atoms with Crippen molar-refractivity contribution in [3.05, 3.63) is 0 Å². The molecule has 0 saturated carbocycles. The van der Waals surface area contributed by atoms with Gasteiger partial charge in [0.15, 0.2) is 0 Å². The summed E-state index contributed by atoms with van der Waals surface area (Å²) in [6.07, 6.45) is 1.62. The minimum absolute atomic E-state index is 0.0714. The zero-order valence-corrected chi connectivity index (χ0v) is 14.1. The van der Waals surface area contributed by atoms with Crippen LogP contribution in [0.1, 0.15) is 25.7 Å². The van der Waals surface area contributed by atoms with Gasteiger partial charge in [0.1, 0.15) is 0 Å². The average molecular weight is 474 g/mol. The lowest BCUT2D eigenvalue weighted by Crippen LogP contribution is -2.13. The maximum atomic E-state index is 11.1. The fourth-order valence-electron chi connectivity index (χ4n) is 0.683. The molecule has 7 heteroatoms. The first-order valence-electron chi connectivity index (χ1n) is 4.21. The maximum Gasteiger partial charge on any atom is 0.313 e. The lowest BCUT2D eigenvalue weighted by Gasteiger charge is -2.04. The second-order valence-electron chi connectivity index (χ2n) is 2.71. The van der Waals surface area contributed by atoms with Crippen LogP contribution in [0.15, 0.2) is 0 Å². The number of carbonyl (C=O) groups is 2. The molecule has 0 heterocycles. The molecule has 0 unspecified atom stereocenters. The number of rotatable bonds is 6. The molecular formula is C8H10Br4O3. The van der Waals surface area contributed by atoms with Crippen LogP contribution >= 0.6 is 63.7 Å². The van der Waals surface area contributed by atoms with E-state index in [2.05, 4.69) is 68.5 Å². The Kier molecular flexibility index (Phi) is 9.77. The van der Waals surface area contributed by atoms with Gasteiger partial charge in [0.2, 0.25) is 0 Å². The van der Waals surface area contributed by atoms with Crippen LogP contribution in [0.25, 0.3) is 0 Å². The van der Waals surface area contributed by atoms with Crippen LogP contribution < -0.4 is 0 Å². The van der Waals surface area contributed by atoms with Gasteiger partial charge in [-0.3, -0.25) is 9.59 Å². The van der Waals surface area contributed by atoms with Crippen molar-refractivity contribution in [2.75, 3.05) is 0 Å². The summed E-state index contributed by atoms with van der Waals surface area (Å²) in [5.74, 6) is -0.964. The van der Waals surface area contributed by atoms with Crippen molar-refractivity contribution in [2.45, 2.75) is 33.2 Å². The van der Waals surface area contributed by atoms with Crippen molar-refractivity contribution < 1.29 is 14.3 Å². The molecule has 0 atom stereocenters.